The van der Waals surface area contributed by atoms with Crippen molar-refractivity contribution in [3.05, 3.63) is 12.2 Å². The average molecular weight is 189 g/mol. The summed E-state index contributed by atoms with van der Waals surface area (Å²) >= 11 is 0. The Labute approximate surface area is 87.0 Å². The standard InChI is InChI=1S/C13H19N/c1-3-4-10(2)14-9-13-8-11-5-6-12(13)7-11/h1,5-6,10-14H,4,7-9H2,2H3. The number of rotatable bonds is 4. The maximum absolute atomic E-state index is 5.27. The van der Waals surface area contributed by atoms with E-state index in [1.54, 1.807) is 0 Å². The van der Waals surface area contributed by atoms with E-state index in [1.165, 1.54) is 12.8 Å². The van der Waals surface area contributed by atoms with Gasteiger partial charge in [0.05, 0.1) is 0 Å². The van der Waals surface area contributed by atoms with Crippen LogP contribution in [0.25, 0.3) is 0 Å². The lowest BCUT2D eigenvalue weighted by Gasteiger charge is -2.20. The van der Waals surface area contributed by atoms with Gasteiger partial charge in [-0.3, -0.25) is 0 Å². The summed E-state index contributed by atoms with van der Waals surface area (Å²) in [5, 5.41) is 3.53. The Bertz CT molecular complexity index is 261. The van der Waals surface area contributed by atoms with Crippen LogP contribution in [0.4, 0.5) is 0 Å². The summed E-state index contributed by atoms with van der Waals surface area (Å²) < 4.78 is 0. The van der Waals surface area contributed by atoms with E-state index in [0.29, 0.717) is 6.04 Å². The van der Waals surface area contributed by atoms with Crippen molar-refractivity contribution >= 4 is 0 Å². The highest BCUT2D eigenvalue weighted by Gasteiger charge is 2.35. The second kappa shape index (κ2) is 4.19. The molecule has 1 saturated carbocycles. The lowest BCUT2D eigenvalue weighted by atomic mass is 9.93. The fraction of sp³-hybridized carbons (Fsp3) is 0.692. The van der Waals surface area contributed by atoms with Gasteiger partial charge in [0.25, 0.3) is 0 Å². The van der Waals surface area contributed by atoms with E-state index in [9.17, 15) is 0 Å². The van der Waals surface area contributed by atoms with Crippen LogP contribution in [-0.4, -0.2) is 12.6 Å². The monoisotopic (exact) mass is 189 g/mol. The van der Waals surface area contributed by atoms with Crippen molar-refractivity contribution in [3.8, 4) is 12.3 Å². The van der Waals surface area contributed by atoms with Crippen molar-refractivity contribution in [2.75, 3.05) is 6.54 Å². The Morgan fingerprint density at radius 3 is 2.93 bits per heavy atom. The highest BCUT2D eigenvalue weighted by molar-refractivity contribution is 5.10. The number of terminal acetylenes is 1. The second-order valence-electron chi connectivity index (χ2n) is 4.76. The second-order valence-corrected chi connectivity index (χ2v) is 4.76. The van der Waals surface area contributed by atoms with Gasteiger partial charge in [-0.2, -0.15) is 0 Å². The van der Waals surface area contributed by atoms with Gasteiger partial charge in [-0.05, 0) is 44.1 Å². The first-order valence-electron chi connectivity index (χ1n) is 5.64. The van der Waals surface area contributed by atoms with Crippen LogP contribution in [0.5, 0.6) is 0 Å². The highest BCUT2D eigenvalue weighted by atomic mass is 14.9. The molecule has 2 rings (SSSR count). The molecule has 4 unspecified atom stereocenters. The first-order valence-corrected chi connectivity index (χ1v) is 5.64. The Morgan fingerprint density at radius 1 is 1.50 bits per heavy atom. The zero-order valence-corrected chi connectivity index (χ0v) is 8.87. The molecule has 0 amide bonds. The SMILES string of the molecule is C#CCC(C)NCC1CC2C=CC1C2. The van der Waals surface area contributed by atoms with E-state index < -0.39 is 0 Å². The van der Waals surface area contributed by atoms with Crippen LogP contribution in [-0.2, 0) is 0 Å². The number of hydrogen-bond donors (Lipinski definition) is 1. The van der Waals surface area contributed by atoms with Crippen molar-refractivity contribution in [1.82, 2.24) is 5.32 Å². The van der Waals surface area contributed by atoms with Gasteiger partial charge < -0.3 is 5.32 Å². The summed E-state index contributed by atoms with van der Waals surface area (Å²) in [6.07, 6.45) is 13.7. The Morgan fingerprint density at radius 2 is 2.36 bits per heavy atom. The van der Waals surface area contributed by atoms with Crippen molar-refractivity contribution in [3.63, 3.8) is 0 Å². The van der Waals surface area contributed by atoms with Gasteiger partial charge in [-0.25, -0.2) is 0 Å². The van der Waals surface area contributed by atoms with Crippen LogP contribution >= 0.6 is 0 Å². The van der Waals surface area contributed by atoms with Crippen LogP contribution in [0.15, 0.2) is 12.2 Å². The molecule has 1 fully saturated rings. The molecule has 0 aromatic rings. The lowest BCUT2D eigenvalue weighted by molar-refractivity contribution is 0.391. The molecular formula is C13H19N. The van der Waals surface area contributed by atoms with Gasteiger partial charge in [0.15, 0.2) is 0 Å². The number of fused-ring (bicyclic) bond motifs is 2. The quantitative estimate of drug-likeness (QED) is 0.528. The zero-order chi connectivity index (χ0) is 9.97. The van der Waals surface area contributed by atoms with E-state index in [-0.39, 0.29) is 0 Å². The first-order chi connectivity index (χ1) is 6.79. The minimum absolute atomic E-state index is 0.475. The molecule has 0 aromatic carbocycles. The molecule has 14 heavy (non-hydrogen) atoms. The lowest BCUT2D eigenvalue weighted by Crippen LogP contribution is -2.32. The summed E-state index contributed by atoms with van der Waals surface area (Å²) in [4.78, 5) is 0. The minimum atomic E-state index is 0.475. The Hall–Kier alpha value is -0.740. The Kier molecular flexibility index (Phi) is 2.93. The van der Waals surface area contributed by atoms with Crippen LogP contribution in [0.3, 0.4) is 0 Å². The van der Waals surface area contributed by atoms with Crippen molar-refractivity contribution in [1.29, 1.82) is 0 Å². The smallest absolute Gasteiger partial charge is 0.0238 e. The molecular weight excluding hydrogens is 170 g/mol. The average Bonchev–Trinajstić information content (AvgIpc) is 2.76. The zero-order valence-electron chi connectivity index (χ0n) is 8.87. The number of hydrogen-bond acceptors (Lipinski definition) is 1. The molecule has 0 saturated heterocycles. The minimum Gasteiger partial charge on any atom is -0.313 e. The molecule has 0 heterocycles. The van der Waals surface area contributed by atoms with Crippen molar-refractivity contribution in [2.24, 2.45) is 17.8 Å². The summed E-state index contributed by atoms with van der Waals surface area (Å²) in [7, 11) is 0. The summed E-state index contributed by atoms with van der Waals surface area (Å²) in [6, 6.07) is 0.475. The Balaban J connectivity index is 1.72. The maximum atomic E-state index is 5.27. The largest absolute Gasteiger partial charge is 0.313 e. The number of allylic oxidation sites excluding steroid dienone is 2. The first kappa shape index (κ1) is 9.80. The van der Waals surface area contributed by atoms with Gasteiger partial charge in [0.2, 0.25) is 0 Å². The predicted octanol–water partition coefficient (Wildman–Crippen LogP) is 2.20. The molecule has 2 bridgehead atoms. The normalized spacial score (nSPS) is 35.9. The fourth-order valence-electron chi connectivity index (χ4n) is 2.73. The van der Waals surface area contributed by atoms with Gasteiger partial charge in [0.1, 0.15) is 0 Å². The van der Waals surface area contributed by atoms with Crippen molar-refractivity contribution < 1.29 is 0 Å². The van der Waals surface area contributed by atoms with E-state index in [1.807, 2.05) is 0 Å². The van der Waals surface area contributed by atoms with E-state index >= 15 is 0 Å². The third-order valence-corrected chi connectivity index (χ3v) is 3.57. The molecule has 0 spiro atoms. The number of nitrogens with one attached hydrogen (secondary N) is 1. The van der Waals surface area contributed by atoms with Gasteiger partial charge >= 0.3 is 0 Å². The predicted molar refractivity (Wildman–Crippen MR) is 59.8 cm³/mol. The molecule has 1 N–H and O–H groups in total. The van der Waals surface area contributed by atoms with Crippen LogP contribution in [0, 0.1) is 30.1 Å². The molecule has 2 aliphatic rings. The van der Waals surface area contributed by atoms with E-state index in [0.717, 1.165) is 30.7 Å². The van der Waals surface area contributed by atoms with Crippen LogP contribution in [0.1, 0.15) is 26.2 Å². The molecule has 0 aliphatic heterocycles. The third kappa shape index (κ3) is 2.01. The van der Waals surface area contributed by atoms with Crippen LogP contribution < -0.4 is 5.32 Å². The molecule has 0 radical (unpaired) electrons. The maximum Gasteiger partial charge on any atom is 0.0238 e. The molecule has 1 heteroatoms. The van der Waals surface area contributed by atoms with E-state index in [2.05, 4.69) is 30.3 Å². The molecule has 1 nitrogen and oxygen atoms in total. The van der Waals surface area contributed by atoms with E-state index in [4.69, 9.17) is 6.42 Å². The molecule has 4 atom stereocenters. The molecule has 76 valence electrons. The third-order valence-electron chi connectivity index (χ3n) is 3.57. The summed E-state index contributed by atoms with van der Waals surface area (Å²) in [5.74, 6) is 5.30. The van der Waals surface area contributed by atoms with Crippen molar-refractivity contribution in [2.45, 2.75) is 32.2 Å². The molecule has 2 aliphatic carbocycles. The topological polar surface area (TPSA) is 12.0 Å². The van der Waals surface area contributed by atoms with Gasteiger partial charge in [-0.1, -0.05) is 12.2 Å². The van der Waals surface area contributed by atoms with Crippen LogP contribution in [0.2, 0.25) is 0 Å². The summed E-state index contributed by atoms with van der Waals surface area (Å²) in [6.45, 7) is 3.32. The molecule has 0 aromatic heterocycles. The van der Waals surface area contributed by atoms with Gasteiger partial charge in [-0.15, -0.1) is 12.3 Å². The fourth-order valence-corrected chi connectivity index (χ4v) is 2.73. The highest BCUT2D eigenvalue weighted by Crippen LogP contribution is 2.42. The summed E-state index contributed by atoms with van der Waals surface area (Å²) in [5.41, 5.74) is 0. The van der Waals surface area contributed by atoms with Gasteiger partial charge in [0, 0.05) is 12.5 Å².